The largest absolute Gasteiger partial charge is 0.342 e. The third-order valence-corrected chi connectivity index (χ3v) is 2.64. The number of hydrogen-bond acceptors (Lipinski definition) is 3. The Morgan fingerprint density at radius 2 is 1.95 bits per heavy atom. The molecule has 1 aromatic carbocycles. The lowest BCUT2D eigenvalue weighted by atomic mass is 10.1. The van der Waals surface area contributed by atoms with Crippen LogP contribution in [0.5, 0.6) is 0 Å². The van der Waals surface area contributed by atoms with Crippen molar-refractivity contribution in [1.29, 1.82) is 0 Å². The van der Waals surface area contributed by atoms with Crippen LogP contribution in [0.25, 0.3) is 10.8 Å². The predicted molar refractivity (Wildman–Crippen MR) is 75.7 cm³/mol. The van der Waals surface area contributed by atoms with Crippen LogP contribution >= 0.6 is 0 Å². The quantitative estimate of drug-likeness (QED) is 0.621. The van der Waals surface area contributed by atoms with Crippen molar-refractivity contribution >= 4 is 10.8 Å². The van der Waals surface area contributed by atoms with Gasteiger partial charge in [0.15, 0.2) is 0 Å². The van der Waals surface area contributed by atoms with Gasteiger partial charge < -0.3 is 9.47 Å². The molecule has 1 heterocycles. The Balaban J connectivity index is 2.30. The SMILES string of the molecule is CCOC(C#Cc1cccc2cnccc12)OCC. The highest BCUT2D eigenvalue weighted by molar-refractivity contribution is 5.87. The van der Waals surface area contributed by atoms with E-state index in [0.717, 1.165) is 16.3 Å². The van der Waals surface area contributed by atoms with Gasteiger partial charge in [-0.3, -0.25) is 4.98 Å². The maximum absolute atomic E-state index is 5.41. The van der Waals surface area contributed by atoms with E-state index in [2.05, 4.69) is 16.8 Å². The van der Waals surface area contributed by atoms with Gasteiger partial charge in [0.1, 0.15) is 0 Å². The van der Waals surface area contributed by atoms with Crippen molar-refractivity contribution in [3.63, 3.8) is 0 Å². The molecule has 0 aliphatic heterocycles. The van der Waals surface area contributed by atoms with Crippen LogP contribution in [0.4, 0.5) is 0 Å². The average Bonchev–Trinajstić information content (AvgIpc) is 2.45. The van der Waals surface area contributed by atoms with Crippen molar-refractivity contribution < 1.29 is 9.47 Å². The number of rotatable bonds is 4. The van der Waals surface area contributed by atoms with Crippen LogP contribution in [0, 0.1) is 11.8 Å². The molecule has 2 rings (SSSR count). The molecule has 0 fully saturated rings. The van der Waals surface area contributed by atoms with Crippen LogP contribution in [0.15, 0.2) is 36.7 Å². The van der Waals surface area contributed by atoms with Crippen LogP contribution in [-0.4, -0.2) is 24.5 Å². The average molecular weight is 255 g/mol. The van der Waals surface area contributed by atoms with E-state index in [4.69, 9.17) is 9.47 Å². The van der Waals surface area contributed by atoms with E-state index < -0.39 is 6.29 Å². The highest BCUT2D eigenvalue weighted by Crippen LogP contribution is 2.16. The molecule has 0 N–H and O–H groups in total. The summed E-state index contributed by atoms with van der Waals surface area (Å²) in [6.45, 7) is 5.02. The molecule has 0 radical (unpaired) electrons. The van der Waals surface area contributed by atoms with Crippen LogP contribution in [0.1, 0.15) is 19.4 Å². The first-order valence-corrected chi connectivity index (χ1v) is 6.42. The first-order valence-electron chi connectivity index (χ1n) is 6.42. The predicted octanol–water partition coefficient (Wildman–Crippen LogP) is 2.99. The number of fused-ring (bicyclic) bond motifs is 1. The van der Waals surface area contributed by atoms with Gasteiger partial charge in [0, 0.05) is 41.9 Å². The Morgan fingerprint density at radius 1 is 1.16 bits per heavy atom. The molecule has 19 heavy (non-hydrogen) atoms. The second kappa shape index (κ2) is 6.89. The summed E-state index contributed by atoms with van der Waals surface area (Å²) in [6.07, 6.45) is 3.14. The highest BCUT2D eigenvalue weighted by Gasteiger charge is 2.02. The van der Waals surface area contributed by atoms with Gasteiger partial charge in [0.25, 0.3) is 0 Å². The van der Waals surface area contributed by atoms with Gasteiger partial charge in [0.2, 0.25) is 6.29 Å². The molecule has 0 spiro atoms. The molecule has 0 saturated carbocycles. The summed E-state index contributed by atoms with van der Waals surface area (Å²) in [5.41, 5.74) is 0.962. The second-order valence-corrected chi connectivity index (χ2v) is 3.91. The van der Waals surface area contributed by atoms with E-state index in [-0.39, 0.29) is 0 Å². The van der Waals surface area contributed by atoms with Crippen molar-refractivity contribution in [3.8, 4) is 11.8 Å². The fraction of sp³-hybridized carbons (Fsp3) is 0.312. The lowest BCUT2D eigenvalue weighted by molar-refractivity contribution is -0.0969. The molecular formula is C16H17NO2. The number of hydrogen-bond donors (Lipinski definition) is 0. The van der Waals surface area contributed by atoms with Gasteiger partial charge in [-0.2, -0.15) is 0 Å². The van der Waals surface area contributed by atoms with Gasteiger partial charge in [-0.15, -0.1) is 0 Å². The fourth-order valence-electron chi connectivity index (χ4n) is 1.80. The maximum atomic E-state index is 5.41. The summed E-state index contributed by atoms with van der Waals surface area (Å²) in [6, 6.07) is 7.96. The summed E-state index contributed by atoms with van der Waals surface area (Å²) in [4.78, 5) is 4.11. The van der Waals surface area contributed by atoms with E-state index in [1.165, 1.54) is 0 Å². The standard InChI is InChI=1S/C16H17NO2/c1-3-18-16(19-4-2)9-8-13-6-5-7-14-12-17-11-10-15(13)14/h5-7,10-12,16H,3-4H2,1-2H3. The van der Waals surface area contributed by atoms with E-state index in [1.54, 1.807) is 6.20 Å². The van der Waals surface area contributed by atoms with E-state index in [0.29, 0.717) is 13.2 Å². The first kappa shape index (κ1) is 13.5. The summed E-state index contributed by atoms with van der Waals surface area (Å²) >= 11 is 0. The smallest absolute Gasteiger partial charge is 0.222 e. The fourth-order valence-corrected chi connectivity index (χ4v) is 1.80. The first-order chi connectivity index (χ1) is 9.35. The second-order valence-electron chi connectivity index (χ2n) is 3.91. The Morgan fingerprint density at radius 3 is 2.68 bits per heavy atom. The third-order valence-electron chi connectivity index (χ3n) is 2.64. The number of pyridine rings is 1. The van der Waals surface area contributed by atoms with Gasteiger partial charge in [-0.25, -0.2) is 0 Å². The molecule has 1 aromatic heterocycles. The monoisotopic (exact) mass is 255 g/mol. The highest BCUT2D eigenvalue weighted by atomic mass is 16.7. The van der Waals surface area contributed by atoms with Crippen LogP contribution < -0.4 is 0 Å². The lowest BCUT2D eigenvalue weighted by Crippen LogP contribution is -2.14. The molecule has 0 aliphatic carbocycles. The van der Waals surface area contributed by atoms with Crippen molar-refractivity contribution in [2.75, 3.05) is 13.2 Å². The number of benzene rings is 1. The topological polar surface area (TPSA) is 31.4 Å². The molecule has 3 heteroatoms. The minimum atomic E-state index is -0.466. The maximum Gasteiger partial charge on any atom is 0.222 e. The van der Waals surface area contributed by atoms with Crippen molar-refractivity contribution in [3.05, 3.63) is 42.2 Å². The van der Waals surface area contributed by atoms with Crippen molar-refractivity contribution in [1.82, 2.24) is 4.98 Å². The summed E-state index contributed by atoms with van der Waals surface area (Å²) in [5.74, 6) is 6.14. The zero-order chi connectivity index (χ0) is 13.5. The van der Waals surface area contributed by atoms with E-state index in [1.807, 2.05) is 44.3 Å². The molecule has 0 atom stereocenters. The molecule has 0 amide bonds. The zero-order valence-electron chi connectivity index (χ0n) is 11.2. The Labute approximate surface area is 113 Å². The van der Waals surface area contributed by atoms with Gasteiger partial charge in [-0.05, 0) is 31.9 Å². The van der Waals surface area contributed by atoms with Gasteiger partial charge in [-0.1, -0.05) is 18.1 Å². The summed E-state index contributed by atoms with van der Waals surface area (Å²) in [7, 11) is 0. The van der Waals surface area contributed by atoms with Gasteiger partial charge >= 0.3 is 0 Å². The molecule has 0 aliphatic rings. The molecule has 3 nitrogen and oxygen atoms in total. The molecule has 2 aromatic rings. The summed E-state index contributed by atoms with van der Waals surface area (Å²) in [5, 5.41) is 2.18. The normalized spacial score (nSPS) is 10.5. The van der Waals surface area contributed by atoms with Crippen molar-refractivity contribution in [2.45, 2.75) is 20.1 Å². The Bertz CT molecular complexity index is 587. The third kappa shape index (κ3) is 3.54. The number of ether oxygens (including phenoxy) is 2. The molecule has 0 saturated heterocycles. The van der Waals surface area contributed by atoms with E-state index in [9.17, 15) is 0 Å². The zero-order valence-corrected chi connectivity index (χ0v) is 11.2. The summed E-state index contributed by atoms with van der Waals surface area (Å²) < 4.78 is 10.8. The van der Waals surface area contributed by atoms with Crippen LogP contribution in [0.3, 0.4) is 0 Å². The Kier molecular flexibility index (Phi) is 4.91. The molecular weight excluding hydrogens is 238 g/mol. The van der Waals surface area contributed by atoms with Crippen molar-refractivity contribution in [2.24, 2.45) is 0 Å². The number of aromatic nitrogens is 1. The minimum Gasteiger partial charge on any atom is -0.342 e. The Hall–Kier alpha value is -1.89. The van der Waals surface area contributed by atoms with E-state index >= 15 is 0 Å². The van der Waals surface area contributed by atoms with Crippen LogP contribution in [-0.2, 0) is 9.47 Å². The molecule has 0 unspecified atom stereocenters. The molecule has 0 bridgehead atoms. The lowest BCUT2D eigenvalue weighted by Gasteiger charge is -2.09. The minimum absolute atomic E-state index is 0.466. The van der Waals surface area contributed by atoms with Gasteiger partial charge in [0.05, 0.1) is 0 Å². The molecule has 98 valence electrons. The van der Waals surface area contributed by atoms with Crippen LogP contribution in [0.2, 0.25) is 0 Å². The number of nitrogens with zero attached hydrogens (tertiary/aromatic N) is 1.